The number of halogens is 2. The fraction of sp³-hybridized carbons (Fsp3) is 0.481. The van der Waals surface area contributed by atoms with Crippen molar-refractivity contribution in [1.29, 1.82) is 0 Å². The number of aliphatic carboxylic acids is 1. The Labute approximate surface area is 281 Å². The first-order valence-electron chi connectivity index (χ1n) is 13.2. The van der Waals surface area contributed by atoms with Crippen LogP contribution in [0, 0.1) is 0 Å². The maximum Gasteiger partial charge on any atom is 1.00 e. The second kappa shape index (κ2) is 16.9. The first-order chi connectivity index (χ1) is 19.3. The largest absolute Gasteiger partial charge is 1.00 e. The third-order valence-corrected chi connectivity index (χ3v) is 12.4. The van der Waals surface area contributed by atoms with E-state index in [1.54, 1.807) is 36.4 Å². The van der Waals surface area contributed by atoms with E-state index in [1.807, 2.05) is 0 Å². The molecule has 16 heteroatoms. The normalized spacial score (nSPS) is 17.6. The van der Waals surface area contributed by atoms with Gasteiger partial charge in [-0.25, -0.2) is 16.8 Å². The molecular weight excluding hydrogens is 727 g/mol. The van der Waals surface area contributed by atoms with Crippen LogP contribution in [0.25, 0.3) is 0 Å². The van der Waals surface area contributed by atoms with E-state index in [9.17, 15) is 31.5 Å². The van der Waals surface area contributed by atoms with E-state index < -0.39 is 43.1 Å². The molecule has 0 aromatic heterocycles. The van der Waals surface area contributed by atoms with E-state index >= 15 is 0 Å². The summed E-state index contributed by atoms with van der Waals surface area (Å²) in [5.74, 6) is -1.62. The van der Waals surface area contributed by atoms with Crippen molar-refractivity contribution >= 4 is 63.8 Å². The molecule has 43 heavy (non-hydrogen) atoms. The van der Waals surface area contributed by atoms with E-state index in [0.717, 1.165) is 25.7 Å². The van der Waals surface area contributed by atoms with Crippen molar-refractivity contribution in [3.8, 4) is 0 Å². The minimum absolute atomic E-state index is 0. The van der Waals surface area contributed by atoms with Gasteiger partial charge in [0, 0.05) is 8.95 Å². The Morgan fingerprint density at radius 2 is 1.07 bits per heavy atom. The van der Waals surface area contributed by atoms with Gasteiger partial charge >= 0.3 is 30.8 Å². The molecule has 2 saturated carbocycles. The number of methoxy groups -OCH3 is 1. The minimum atomic E-state index is -3.87. The standard InChI is InChI=1S/C14H18BrNO4S.C13H16BrNO4S.Li.H2O/c1-20-13(17)14(9-5-2-6-10-14)16-21(18,19)12-8-4-3-7-11(12)15;14-10-6-2-3-7-11(10)20(18,19)15-13(12(16)17)8-4-1-5-9-13;;/h3-4,7-8,16H,2,5-6,9-10H2,1H3;2-3,6-7,15H,1,4-5,8-9H2,(H,16,17);;1H2/q;;+1;/p-1. The maximum absolute atomic E-state index is 12.6. The van der Waals surface area contributed by atoms with Crippen LogP contribution in [-0.4, -0.2) is 57.5 Å². The van der Waals surface area contributed by atoms with Crippen molar-refractivity contribution in [2.45, 2.75) is 85.1 Å². The average Bonchev–Trinajstić information content (AvgIpc) is 2.93. The number of sulfonamides is 2. The number of ether oxygens (including phenoxy) is 1. The van der Waals surface area contributed by atoms with Crippen molar-refractivity contribution in [1.82, 2.24) is 9.44 Å². The van der Waals surface area contributed by atoms with E-state index in [4.69, 9.17) is 4.74 Å². The summed E-state index contributed by atoms with van der Waals surface area (Å²) in [4.78, 5) is 23.8. The van der Waals surface area contributed by atoms with Crippen molar-refractivity contribution in [2.24, 2.45) is 0 Å². The zero-order valence-electron chi connectivity index (χ0n) is 24.0. The Morgan fingerprint density at radius 3 is 1.42 bits per heavy atom. The van der Waals surface area contributed by atoms with Gasteiger partial charge in [-0.05, 0) is 81.8 Å². The number of carbonyl (C=O) groups is 2. The first kappa shape index (κ1) is 39.7. The fourth-order valence-corrected chi connectivity index (χ4v) is 10.0. The number of carboxylic acid groups (broad SMARTS) is 1. The minimum Gasteiger partial charge on any atom is -0.870 e. The molecule has 0 unspecified atom stereocenters. The van der Waals surface area contributed by atoms with Gasteiger partial charge in [0.25, 0.3) is 0 Å². The third kappa shape index (κ3) is 9.85. The summed E-state index contributed by atoms with van der Waals surface area (Å²) >= 11 is 6.42. The molecule has 2 fully saturated rings. The molecule has 2 aromatic carbocycles. The summed E-state index contributed by atoms with van der Waals surface area (Å²) in [5, 5.41) is 9.43. The van der Waals surface area contributed by atoms with Crippen LogP contribution in [0.2, 0.25) is 0 Å². The molecule has 0 atom stereocenters. The Kier molecular flexibility index (Phi) is 15.6. The molecule has 0 aliphatic heterocycles. The van der Waals surface area contributed by atoms with Crippen molar-refractivity contribution in [2.75, 3.05) is 7.11 Å². The number of carbonyl (C=O) groups excluding carboxylic acids is 1. The summed E-state index contributed by atoms with van der Waals surface area (Å²) < 4.78 is 60.8. The quantitative estimate of drug-likeness (QED) is 0.267. The van der Waals surface area contributed by atoms with Crippen LogP contribution in [-0.2, 0) is 34.4 Å². The van der Waals surface area contributed by atoms with Gasteiger partial charge in [-0.15, -0.1) is 0 Å². The summed E-state index contributed by atoms with van der Waals surface area (Å²) in [5.41, 5.74) is -2.53. The Morgan fingerprint density at radius 1 is 0.721 bits per heavy atom. The Bertz CT molecular complexity index is 1460. The molecule has 0 bridgehead atoms. The number of esters is 1. The van der Waals surface area contributed by atoms with E-state index in [2.05, 4.69) is 41.3 Å². The molecular formula is C27H35Br2LiN2O9S2. The van der Waals surface area contributed by atoms with Gasteiger partial charge in [0.2, 0.25) is 20.0 Å². The van der Waals surface area contributed by atoms with Crippen molar-refractivity contribution < 1.29 is 60.6 Å². The molecule has 2 aromatic rings. The maximum atomic E-state index is 12.6. The number of hydrogen-bond donors (Lipinski definition) is 3. The van der Waals surface area contributed by atoms with Gasteiger partial charge in [-0.1, -0.05) is 62.8 Å². The van der Waals surface area contributed by atoms with Crippen molar-refractivity contribution in [3.05, 3.63) is 57.5 Å². The zero-order chi connectivity index (χ0) is 30.3. The SMILES string of the molecule is COC(=O)C1(NS(=O)(=O)c2ccccc2Br)CCCCC1.O=C(O)C1(NS(=O)(=O)c2ccccc2Br)CCCCC1.[Li+].[OH-]. The molecule has 0 heterocycles. The Balaban J connectivity index is 0.000000411. The van der Waals surface area contributed by atoms with Crippen LogP contribution in [0.3, 0.4) is 0 Å². The second-order valence-corrected chi connectivity index (χ2v) is 15.2. The van der Waals surface area contributed by atoms with Crippen LogP contribution in [0.4, 0.5) is 0 Å². The monoisotopic (exact) mass is 760 g/mol. The van der Waals surface area contributed by atoms with E-state index in [-0.39, 0.29) is 34.1 Å². The van der Waals surface area contributed by atoms with Crippen LogP contribution in [0.5, 0.6) is 0 Å². The number of rotatable bonds is 8. The van der Waals surface area contributed by atoms with Gasteiger partial charge in [-0.2, -0.15) is 9.44 Å². The number of nitrogens with one attached hydrogen (secondary N) is 2. The molecule has 0 spiro atoms. The smallest absolute Gasteiger partial charge is 0.870 e. The number of carboxylic acids is 1. The van der Waals surface area contributed by atoms with Crippen LogP contribution >= 0.6 is 31.9 Å². The van der Waals surface area contributed by atoms with Crippen LogP contribution in [0.15, 0.2) is 67.3 Å². The first-order valence-corrected chi connectivity index (χ1v) is 17.7. The van der Waals surface area contributed by atoms with E-state index in [0.29, 0.717) is 47.5 Å². The molecule has 0 saturated heterocycles. The molecule has 2 aliphatic carbocycles. The molecule has 2 aliphatic rings. The van der Waals surface area contributed by atoms with Crippen molar-refractivity contribution in [3.63, 3.8) is 0 Å². The third-order valence-electron chi connectivity index (χ3n) is 7.31. The van der Waals surface area contributed by atoms with Gasteiger partial charge in [0.1, 0.15) is 11.1 Å². The summed E-state index contributed by atoms with van der Waals surface area (Å²) in [7, 11) is -6.39. The van der Waals surface area contributed by atoms with Crippen LogP contribution < -0.4 is 28.3 Å². The molecule has 11 nitrogen and oxygen atoms in total. The molecule has 4 N–H and O–H groups in total. The fourth-order valence-electron chi connectivity index (χ4n) is 5.16. The van der Waals surface area contributed by atoms with Crippen LogP contribution in [0.1, 0.15) is 64.2 Å². The molecule has 0 amide bonds. The predicted molar refractivity (Wildman–Crippen MR) is 162 cm³/mol. The molecule has 234 valence electrons. The summed E-state index contributed by atoms with van der Waals surface area (Å²) in [6.45, 7) is 0. The average molecular weight is 762 g/mol. The predicted octanol–water partition coefficient (Wildman–Crippen LogP) is 1.95. The van der Waals surface area contributed by atoms with Gasteiger partial charge in [-0.3, -0.25) is 9.59 Å². The summed E-state index contributed by atoms with van der Waals surface area (Å²) in [6, 6.07) is 12.9. The molecule has 4 rings (SSSR count). The number of hydrogen-bond acceptors (Lipinski definition) is 8. The van der Waals surface area contributed by atoms with E-state index in [1.165, 1.54) is 19.2 Å². The van der Waals surface area contributed by atoms with Gasteiger partial charge in [0.15, 0.2) is 0 Å². The summed E-state index contributed by atoms with van der Waals surface area (Å²) in [6.07, 6.45) is 6.53. The second-order valence-electron chi connectivity index (χ2n) is 10.2. The van der Waals surface area contributed by atoms with Gasteiger partial charge in [0.05, 0.1) is 16.9 Å². The topological polar surface area (TPSA) is 186 Å². The zero-order valence-corrected chi connectivity index (χ0v) is 28.8. The van der Waals surface area contributed by atoms with Gasteiger partial charge < -0.3 is 15.3 Å². The number of benzene rings is 2. The molecule has 0 radical (unpaired) electrons. The Hall–Kier alpha value is -1.28.